The molecule has 3 aromatic rings. The van der Waals surface area contributed by atoms with E-state index in [1.165, 1.54) is 28.5 Å². The van der Waals surface area contributed by atoms with Crippen LogP contribution in [0.1, 0.15) is 45.0 Å². The molecule has 0 aliphatic carbocycles. The number of amides is 1. The van der Waals surface area contributed by atoms with Crippen molar-refractivity contribution in [2.75, 3.05) is 6.54 Å². The Bertz CT molecular complexity index is 1330. The monoisotopic (exact) mass is 488 g/mol. The fraction of sp³-hybridized carbons (Fsp3) is 0.292. The lowest BCUT2D eigenvalue weighted by molar-refractivity contribution is -0.141. The minimum Gasteiger partial charge on any atom is -0.333 e. The van der Waals surface area contributed by atoms with Crippen LogP contribution in [-0.2, 0) is 24.1 Å². The van der Waals surface area contributed by atoms with E-state index in [1.807, 2.05) is 0 Å². The molecule has 176 valence electrons. The Morgan fingerprint density at radius 3 is 2.76 bits per heavy atom. The second-order valence-electron chi connectivity index (χ2n) is 7.93. The first-order valence-corrected chi connectivity index (χ1v) is 11.3. The Labute approximate surface area is 197 Å². The SMILES string of the molecule is C=CC(=O)N1Cc2sc(C#N)c(C)c2[C@H](c2cccc(F)c2-c2cn(CC)nc2C(F)(F)F)C1. The number of fused-ring (bicyclic) bond motifs is 1. The zero-order valence-corrected chi connectivity index (χ0v) is 19.2. The van der Waals surface area contributed by atoms with E-state index in [-0.39, 0.29) is 36.7 Å². The van der Waals surface area contributed by atoms with E-state index in [1.54, 1.807) is 19.9 Å². The normalized spacial score (nSPS) is 15.7. The van der Waals surface area contributed by atoms with Gasteiger partial charge in [-0.05, 0) is 42.7 Å². The molecule has 0 saturated heterocycles. The van der Waals surface area contributed by atoms with Gasteiger partial charge in [-0.3, -0.25) is 9.48 Å². The lowest BCUT2D eigenvalue weighted by atomic mass is 9.81. The maximum absolute atomic E-state index is 15.3. The third-order valence-corrected chi connectivity index (χ3v) is 7.19. The molecule has 1 amide bonds. The van der Waals surface area contributed by atoms with Gasteiger partial charge < -0.3 is 4.90 Å². The van der Waals surface area contributed by atoms with Crippen molar-refractivity contribution in [3.63, 3.8) is 0 Å². The molecule has 10 heteroatoms. The molecule has 4 rings (SSSR count). The van der Waals surface area contributed by atoms with E-state index in [2.05, 4.69) is 17.7 Å². The zero-order chi connectivity index (χ0) is 24.8. The molecule has 1 aromatic carbocycles. The van der Waals surface area contributed by atoms with Gasteiger partial charge in [0.2, 0.25) is 5.91 Å². The van der Waals surface area contributed by atoms with Crippen LogP contribution in [0.5, 0.6) is 0 Å². The molecule has 1 aliphatic rings. The van der Waals surface area contributed by atoms with Crippen LogP contribution in [0.4, 0.5) is 17.6 Å². The lowest BCUT2D eigenvalue weighted by Gasteiger charge is -2.34. The van der Waals surface area contributed by atoms with Crippen molar-refractivity contribution < 1.29 is 22.4 Å². The second kappa shape index (κ2) is 8.72. The number of thiophene rings is 1. The minimum absolute atomic E-state index is 0.111. The quantitative estimate of drug-likeness (QED) is 0.353. The summed E-state index contributed by atoms with van der Waals surface area (Å²) in [4.78, 5) is 15.2. The predicted molar refractivity (Wildman–Crippen MR) is 120 cm³/mol. The van der Waals surface area contributed by atoms with E-state index in [4.69, 9.17) is 0 Å². The molecule has 0 saturated carbocycles. The van der Waals surface area contributed by atoms with E-state index < -0.39 is 23.6 Å². The molecule has 34 heavy (non-hydrogen) atoms. The highest BCUT2D eigenvalue weighted by Crippen LogP contribution is 2.46. The van der Waals surface area contributed by atoms with Crippen LogP contribution in [0.25, 0.3) is 11.1 Å². The molecule has 0 N–H and O–H groups in total. The number of hydrogen-bond donors (Lipinski definition) is 0. The second-order valence-corrected chi connectivity index (χ2v) is 9.03. The first-order valence-electron chi connectivity index (χ1n) is 10.5. The molecule has 3 heterocycles. The van der Waals surface area contributed by atoms with Crippen molar-refractivity contribution in [3.8, 4) is 17.2 Å². The molecule has 2 aromatic heterocycles. The standard InChI is InChI=1S/C24H20F4N4OS/c1-4-20(33)31-10-15(21-13(3)18(9-29)34-19(21)12-31)14-7-6-8-17(25)22(14)16-11-32(5-2)30-23(16)24(26,27)28/h4,6-8,11,15H,1,5,10,12H2,2-3H3/t15-/m0/s1. The molecule has 0 fully saturated rings. The topological polar surface area (TPSA) is 61.9 Å². The summed E-state index contributed by atoms with van der Waals surface area (Å²) in [7, 11) is 0. The van der Waals surface area contributed by atoms with Crippen molar-refractivity contribution in [3.05, 3.63) is 75.0 Å². The van der Waals surface area contributed by atoms with Gasteiger partial charge in [-0.2, -0.15) is 23.5 Å². The molecular weight excluding hydrogens is 468 g/mol. The van der Waals surface area contributed by atoms with Crippen LogP contribution < -0.4 is 0 Å². The summed E-state index contributed by atoms with van der Waals surface area (Å²) < 4.78 is 58.0. The van der Waals surface area contributed by atoms with Gasteiger partial charge in [-0.1, -0.05) is 18.7 Å². The number of carbonyl (C=O) groups is 1. The van der Waals surface area contributed by atoms with Gasteiger partial charge in [0.05, 0.1) is 6.54 Å². The number of alkyl halides is 3. The largest absolute Gasteiger partial charge is 0.435 e. The molecule has 0 unspecified atom stereocenters. The summed E-state index contributed by atoms with van der Waals surface area (Å²) in [6.45, 7) is 7.46. The Kier molecular flexibility index (Phi) is 6.08. The minimum atomic E-state index is -4.79. The summed E-state index contributed by atoms with van der Waals surface area (Å²) in [5.41, 5.74) is 0.00331. The van der Waals surface area contributed by atoms with Crippen LogP contribution in [0.2, 0.25) is 0 Å². The molecule has 1 atom stereocenters. The van der Waals surface area contributed by atoms with Gasteiger partial charge in [0.25, 0.3) is 0 Å². The van der Waals surface area contributed by atoms with Gasteiger partial charge in [-0.25, -0.2) is 4.39 Å². The third kappa shape index (κ3) is 3.90. The summed E-state index contributed by atoms with van der Waals surface area (Å²) in [6.07, 6.45) is -2.43. The Hall–Kier alpha value is -3.45. The van der Waals surface area contributed by atoms with Crippen LogP contribution >= 0.6 is 11.3 Å². The maximum Gasteiger partial charge on any atom is 0.435 e. The average molecular weight is 489 g/mol. The van der Waals surface area contributed by atoms with Crippen LogP contribution in [0.15, 0.2) is 37.1 Å². The number of hydrogen-bond acceptors (Lipinski definition) is 4. The predicted octanol–water partition coefficient (Wildman–Crippen LogP) is 5.63. The van der Waals surface area contributed by atoms with Crippen molar-refractivity contribution >= 4 is 17.2 Å². The van der Waals surface area contributed by atoms with Crippen molar-refractivity contribution in [1.29, 1.82) is 5.26 Å². The first-order chi connectivity index (χ1) is 16.1. The molecule has 0 radical (unpaired) electrons. The highest BCUT2D eigenvalue weighted by molar-refractivity contribution is 7.12. The fourth-order valence-corrected chi connectivity index (χ4v) is 5.64. The number of benzene rings is 1. The number of nitrogens with zero attached hydrogens (tertiary/aromatic N) is 4. The molecule has 1 aliphatic heterocycles. The summed E-state index contributed by atoms with van der Waals surface area (Å²) in [5.74, 6) is -1.81. The van der Waals surface area contributed by atoms with E-state index in [0.29, 0.717) is 16.0 Å². The molecule has 5 nitrogen and oxygen atoms in total. The van der Waals surface area contributed by atoms with Gasteiger partial charge in [-0.15, -0.1) is 11.3 Å². The highest BCUT2D eigenvalue weighted by Gasteiger charge is 2.40. The van der Waals surface area contributed by atoms with Gasteiger partial charge in [0, 0.05) is 41.2 Å². The van der Waals surface area contributed by atoms with Crippen molar-refractivity contribution in [2.45, 2.75) is 39.0 Å². The maximum atomic E-state index is 15.3. The van der Waals surface area contributed by atoms with Crippen LogP contribution in [-0.4, -0.2) is 27.1 Å². The lowest BCUT2D eigenvalue weighted by Crippen LogP contribution is -2.37. The average Bonchev–Trinajstić information content (AvgIpc) is 3.38. The Morgan fingerprint density at radius 1 is 1.41 bits per heavy atom. The zero-order valence-electron chi connectivity index (χ0n) is 18.4. The third-order valence-electron chi connectivity index (χ3n) is 5.99. The fourth-order valence-electron chi connectivity index (χ4n) is 4.46. The number of aromatic nitrogens is 2. The summed E-state index contributed by atoms with van der Waals surface area (Å²) >= 11 is 1.23. The van der Waals surface area contributed by atoms with Crippen molar-refractivity contribution in [1.82, 2.24) is 14.7 Å². The molecule has 0 bridgehead atoms. The van der Waals surface area contributed by atoms with Crippen LogP contribution in [0, 0.1) is 24.1 Å². The first kappa shape index (κ1) is 23.7. The Morgan fingerprint density at radius 2 is 2.15 bits per heavy atom. The van der Waals surface area contributed by atoms with Crippen molar-refractivity contribution in [2.24, 2.45) is 0 Å². The number of halogens is 4. The Balaban J connectivity index is 1.99. The van der Waals surface area contributed by atoms with E-state index in [0.717, 1.165) is 27.3 Å². The summed E-state index contributed by atoms with van der Waals surface area (Å²) in [6, 6.07) is 6.26. The van der Waals surface area contributed by atoms with E-state index >= 15 is 4.39 Å². The number of rotatable bonds is 4. The number of carbonyl (C=O) groups excluding carboxylic acids is 1. The van der Waals surface area contributed by atoms with Gasteiger partial charge in [0.1, 0.15) is 16.8 Å². The molecule has 0 spiro atoms. The molecular formula is C24H20F4N4OS. The summed E-state index contributed by atoms with van der Waals surface area (Å²) in [5, 5.41) is 13.2. The van der Waals surface area contributed by atoms with E-state index in [9.17, 15) is 23.2 Å². The number of nitriles is 1. The van der Waals surface area contributed by atoms with Crippen LogP contribution in [0.3, 0.4) is 0 Å². The number of aryl methyl sites for hydroxylation is 1. The smallest absolute Gasteiger partial charge is 0.333 e. The van der Waals surface area contributed by atoms with Gasteiger partial charge in [0.15, 0.2) is 5.69 Å². The highest BCUT2D eigenvalue weighted by atomic mass is 32.1. The van der Waals surface area contributed by atoms with Gasteiger partial charge >= 0.3 is 6.18 Å².